The van der Waals surface area contributed by atoms with Gasteiger partial charge in [-0.15, -0.1) is 0 Å². The number of rotatable bonds is 6. The number of carbonyl (C=O) groups is 2. The summed E-state index contributed by atoms with van der Waals surface area (Å²) < 4.78 is 36.3. The predicted octanol–water partition coefficient (Wildman–Crippen LogP) is 3.70. The van der Waals surface area contributed by atoms with E-state index >= 15 is 0 Å². The molecule has 0 radical (unpaired) electrons. The summed E-state index contributed by atoms with van der Waals surface area (Å²) in [5.41, 5.74) is -0.528. The van der Waals surface area contributed by atoms with E-state index in [1.807, 2.05) is 66.7 Å². The van der Waals surface area contributed by atoms with Gasteiger partial charge >= 0.3 is 19.1 Å². The average Bonchev–Trinajstić information content (AvgIpc) is 2.95. The van der Waals surface area contributed by atoms with Crippen LogP contribution in [-0.2, 0) is 33.1 Å². The molecule has 2 saturated heterocycles. The first-order chi connectivity index (χ1) is 16.1. The summed E-state index contributed by atoms with van der Waals surface area (Å²) in [4.78, 5) is 24.0. The topological polar surface area (TPSA) is 89.5 Å². The van der Waals surface area contributed by atoms with Crippen molar-refractivity contribution in [2.24, 2.45) is 5.92 Å². The molecule has 0 spiro atoms. The Morgan fingerprint density at radius 3 is 2.11 bits per heavy atom. The zero-order valence-electron chi connectivity index (χ0n) is 22.6. The summed E-state index contributed by atoms with van der Waals surface area (Å²) >= 11 is 0. The minimum absolute atomic E-state index is 0.208. The van der Waals surface area contributed by atoms with Gasteiger partial charge < -0.3 is 28.3 Å². The SMILES string of the molecule is CC[C@H]1O[C@H](Oc2ccc(B3OC(C)(C)C(C)(C)O3)cc2C)[C@@](C)(OC(C)=O)[C@@H](OC(C)=O)[C@@H]1C. The molecule has 0 aliphatic carbocycles. The third-order valence-electron chi connectivity index (χ3n) is 7.41. The fourth-order valence-electron chi connectivity index (χ4n) is 4.75. The molecule has 2 fully saturated rings. The summed E-state index contributed by atoms with van der Waals surface area (Å²) in [6.07, 6.45) is -1.30. The highest BCUT2D eigenvalue weighted by atomic mass is 16.7. The normalized spacial score (nSPS) is 31.7. The zero-order valence-corrected chi connectivity index (χ0v) is 22.6. The van der Waals surface area contributed by atoms with E-state index in [-0.39, 0.29) is 12.0 Å². The molecule has 3 rings (SSSR count). The Labute approximate surface area is 209 Å². The Kier molecular flexibility index (Phi) is 7.66. The molecule has 1 aromatic rings. The number of esters is 2. The van der Waals surface area contributed by atoms with E-state index in [9.17, 15) is 9.59 Å². The highest BCUT2D eigenvalue weighted by Crippen LogP contribution is 2.41. The molecular weight excluding hydrogens is 451 g/mol. The summed E-state index contributed by atoms with van der Waals surface area (Å²) in [5.74, 6) is -0.630. The standard InChI is InChI=1S/C26H39BO8/c1-11-20-16(3)22(30-17(4)28)26(10,33-18(5)29)23(31-20)32-21-13-12-19(14-15(21)2)27-34-24(6,7)25(8,9)35-27/h12-14,16,20,22-23H,11H2,1-10H3/t16-,20-,22+,23-,26+/m1/s1. The van der Waals surface area contributed by atoms with Gasteiger partial charge in [0.05, 0.1) is 17.3 Å². The van der Waals surface area contributed by atoms with E-state index in [1.165, 1.54) is 13.8 Å². The Morgan fingerprint density at radius 2 is 1.63 bits per heavy atom. The van der Waals surface area contributed by atoms with Gasteiger partial charge in [0, 0.05) is 19.8 Å². The summed E-state index contributed by atoms with van der Waals surface area (Å²) in [6.45, 7) is 18.2. The molecule has 2 aliphatic rings. The molecule has 194 valence electrons. The molecule has 35 heavy (non-hydrogen) atoms. The van der Waals surface area contributed by atoms with Crippen LogP contribution in [0.4, 0.5) is 0 Å². The molecule has 0 bridgehead atoms. The van der Waals surface area contributed by atoms with Crippen LogP contribution in [0.3, 0.4) is 0 Å². The molecule has 0 unspecified atom stereocenters. The lowest BCUT2D eigenvalue weighted by atomic mass is 9.78. The highest BCUT2D eigenvalue weighted by molar-refractivity contribution is 6.62. The fourth-order valence-corrected chi connectivity index (χ4v) is 4.75. The molecule has 2 aliphatic heterocycles. The van der Waals surface area contributed by atoms with Crippen molar-refractivity contribution >= 4 is 24.5 Å². The van der Waals surface area contributed by atoms with Crippen molar-refractivity contribution in [1.29, 1.82) is 0 Å². The predicted molar refractivity (Wildman–Crippen MR) is 131 cm³/mol. The van der Waals surface area contributed by atoms with Crippen molar-refractivity contribution in [3.8, 4) is 5.75 Å². The van der Waals surface area contributed by atoms with Crippen LogP contribution < -0.4 is 10.2 Å². The van der Waals surface area contributed by atoms with Gasteiger partial charge in [0.25, 0.3) is 0 Å². The minimum atomic E-state index is -1.35. The second-order valence-corrected chi connectivity index (χ2v) is 10.8. The largest absolute Gasteiger partial charge is 0.494 e. The molecule has 1 aromatic carbocycles. The van der Waals surface area contributed by atoms with E-state index in [0.29, 0.717) is 12.2 Å². The van der Waals surface area contributed by atoms with E-state index in [2.05, 4.69) is 0 Å². The Morgan fingerprint density at radius 1 is 1.03 bits per heavy atom. The zero-order chi connectivity index (χ0) is 26.3. The quantitative estimate of drug-likeness (QED) is 0.441. The summed E-state index contributed by atoms with van der Waals surface area (Å²) in [6, 6.07) is 5.67. The van der Waals surface area contributed by atoms with E-state index in [4.69, 9.17) is 28.3 Å². The van der Waals surface area contributed by atoms with E-state index in [1.54, 1.807) is 6.92 Å². The van der Waals surface area contributed by atoms with Crippen LogP contribution in [0.25, 0.3) is 0 Å². The molecule has 0 amide bonds. The third-order valence-corrected chi connectivity index (χ3v) is 7.41. The van der Waals surface area contributed by atoms with Crippen molar-refractivity contribution in [1.82, 2.24) is 0 Å². The highest BCUT2D eigenvalue weighted by Gasteiger charge is 2.58. The van der Waals surface area contributed by atoms with Crippen molar-refractivity contribution < 1.29 is 37.8 Å². The van der Waals surface area contributed by atoms with Gasteiger partial charge in [-0.3, -0.25) is 9.59 Å². The Hall–Kier alpha value is -2.10. The average molecular weight is 490 g/mol. The molecule has 9 heteroatoms. The molecule has 8 nitrogen and oxygen atoms in total. The first kappa shape index (κ1) is 27.5. The number of carbonyl (C=O) groups excluding carboxylic acids is 2. The Balaban J connectivity index is 1.91. The van der Waals surface area contributed by atoms with Crippen molar-refractivity contribution in [2.75, 3.05) is 0 Å². The van der Waals surface area contributed by atoms with Crippen LogP contribution in [0.2, 0.25) is 0 Å². The maximum Gasteiger partial charge on any atom is 0.494 e. The second-order valence-electron chi connectivity index (χ2n) is 10.8. The van der Waals surface area contributed by atoms with E-state index in [0.717, 1.165) is 11.0 Å². The van der Waals surface area contributed by atoms with Crippen LogP contribution in [-0.4, -0.2) is 54.4 Å². The van der Waals surface area contributed by atoms with Gasteiger partial charge in [0.15, 0.2) is 6.10 Å². The number of ether oxygens (including phenoxy) is 4. The van der Waals surface area contributed by atoms with Gasteiger partial charge in [-0.1, -0.05) is 26.0 Å². The maximum atomic E-state index is 12.1. The van der Waals surface area contributed by atoms with Crippen LogP contribution in [0.1, 0.15) is 74.3 Å². The van der Waals surface area contributed by atoms with Crippen molar-refractivity contribution in [3.05, 3.63) is 23.8 Å². The molecule has 5 atom stereocenters. The smallest absolute Gasteiger partial charge is 0.460 e. The van der Waals surface area contributed by atoms with Gasteiger partial charge in [0.2, 0.25) is 11.9 Å². The Bertz CT molecular complexity index is 945. The van der Waals surface area contributed by atoms with Crippen LogP contribution in [0, 0.1) is 12.8 Å². The van der Waals surface area contributed by atoms with Crippen LogP contribution in [0.5, 0.6) is 5.75 Å². The number of benzene rings is 1. The van der Waals surface area contributed by atoms with Crippen molar-refractivity contribution in [2.45, 2.75) is 111 Å². The lowest BCUT2D eigenvalue weighted by molar-refractivity contribution is -0.304. The summed E-state index contributed by atoms with van der Waals surface area (Å²) in [7, 11) is -0.497. The minimum Gasteiger partial charge on any atom is -0.460 e. The van der Waals surface area contributed by atoms with Crippen LogP contribution >= 0.6 is 0 Å². The molecule has 0 N–H and O–H groups in total. The molecular formula is C26H39BO8. The molecule has 0 aromatic heterocycles. The number of hydrogen-bond acceptors (Lipinski definition) is 8. The maximum absolute atomic E-state index is 12.1. The lowest BCUT2D eigenvalue weighted by Gasteiger charge is -2.50. The first-order valence-corrected chi connectivity index (χ1v) is 12.3. The molecule has 0 saturated carbocycles. The summed E-state index contributed by atoms with van der Waals surface area (Å²) in [5, 5.41) is 0. The number of hydrogen-bond donors (Lipinski definition) is 0. The second kappa shape index (κ2) is 9.75. The van der Waals surface area contributed by atoms with Crippen LogP contribution in [0.15, 0.2) is 18.2 Å². The van der Waals surface area contributed by atoms with Crippen molar-refractivity contribution in [3.63, 3.8) is 0 Å². The monoisotopic (exact) mass is 490 g/mol. The van der Waals surface area contributed by atoms with Gasteiger partial charge in [-0.25, -0.2) is 0 Å². The van der Waals surface area contributed by atoms with E-state index < -0.39 is 48.3 Å². The lowest BCUT2D eigenvalue weighted by Crippen LogP contribution is -2.65. The van der Waals surface area contributed by atoms with Gasteiger partial charge in [-0.2, -0.15) is 0 Å². The van der Waals surface area contributed by atoms with Gasteiger partial charge in [-0.05, 0) is 65.1 Å². The van der Waals surface area contributed by atoms with Gasteiger partial charge in [0.1, 0.15) is 5.75 Å². The number of aryl methyl sites for hydroxylation is 1. The molecule has 2 heterocycles. The first-order valence-electron chi connectivity index (χ1n) is 12.3. The third kappa shape index (κ3) is 5.37. The fraction of sp³-hybridized carbons (Fsp3) is 0.692.